The van der Waals surface area contributed by atoms with Crippen molar-refractivity contribution in [3.63, 3.8) is 0 Å². The minimum Gasteiger partial charge on any atom is -0.487 e. The molecule has 2 aromatic rings. The summed E-state index contributed by atoms with van der Waals surface area (Å²) in [7, 11) is 0. The van der Waals surface area contributed by atoms with Gasteiger partial charge in [0, 0.05) is 11.4 Å². The Morgan fingerprint density at radius 3 is 2.59 bits per heavy atom. The first-order valence-corrected chi connectivity index (χ1v) is 6.42. The van der Waals surface area contributed by atoms with Crippen molar-refractivity contribution in [1.29, 1.82) is 0 Å². The van der Waals surface area contributed by atoms with Crippen LogP contribution in [0.25, 0.3) is 0 Å². The summed E-state index contributed by atoms with van der Waals surface area (Å²) in [6.07, 6.45) is 0. The first-order valence-electron chi connectivity index (χ1n) is 5.54. The van der Waals surface area contributed by atoms with Gasteiger partial charge >= 0.3 is 0 Å². The lowest BCUT2D eigenvalue weighted by Gasteiger charge is -2.07. The topological polar surface area (TPSA) is 48.1 Å². The molecule has 1 heterocycles. The summed E-state index contributed by atoms with van der Waals surface area (Å²) >= 11 is 1.64. The van der Waals surface area contributed by atoms with Gasteiger partial charge in [-0.3, -0.25) is 0 Å². The highest BCUT2D eigenvalue weighted by Crippen LogP contribution is 2.17. The fraction of sp³-hybridized carbons (Fsp3) is 0.308. The van der Waals surface area contributed by atoms with Gasteiger partial charge in [0.2, 0.25) is 0 Å². The van der Waals surface area contributed by atoms with Crippen LogP contribution in [0.2, 0.25) is 0 Å². The van der Waals surface area contributed by atoms with Gasteiger partial charge in [0.25, 0.3) is 0 Å². The molecule has 0 aliphatic heterocycles. The predicted octanol–water partition coefficient (Wildman–Crippen LogP) is 3.05. The number of thiazole rings is 1. The standard InChI is InChI=1S/C13H16N2OS/c1-9(14)11-3-5-13(6-4-11)16-7-12-8-17-10(2)15-12/h3-6,8-9H,7,14H2,1-2H3/t9-/m0/s1. The number of benzene rings is 1. The largest absolute Gasteiger partial charge is 0.487 e. The van der Waals surface area contributed by atoms with Crippen LogP contribution in [-0.2, 0) is 6.61 Å². The third-order valence-corrected chi connectivity index (χ3v) is 3.28. The highest BCUT2D eigenvalue weighted by molar-refractivity contribution is 7.09. The summed E-state index contributed by atoms with van der Waals surface area (Å²) in [5.74, 6) is 0.847. The van der Waals surface area contributed by atoms with Gasteiger partial charge in [-0.15, -0.1) is 11.3 Å². The Morgan fingerprint density at radius 1 is 1.35 bits per heavy atom. The number of nitrogens with zero attached hydrogens (tertiary/aromatic N) is 1. The van der Waals surface area contributed by atoms with Gasteiger partial charge in [-0.05, 0) is 31.5 Å². The molecule has 90 valence electrons. The normalized spacial score (nSPS) is 12.4. The van der Waals surface area contributed by atoms with E-state index in [1.165, 1.54) is 0 Å². The van der Waals surface area contributed by atoms with Crippen LogP contribution in [0.3, 0.4) is 0 Å². The van der Waals surface area contributed by atoms with E-state index in [0.29, 0.717) is 6.61 Å². The Hall–Kier alpha value is -1.39. The molecule has 4 heteroatoms. The van der Waals surface area contributed by atoms with Crippen molar-refractivity contribution in [2.75, 3.05) is 0 Å². The molecule has 0 fully saturated rings. The molecule has 1 aromatic carbocycles. The molecule has 0 amide bonds. The highest BCUT2D eigenvalue weighted by Gasteiger charge is 2.01. The van der Waals surface area contributed by atoms with Gasteiger partial charge in [0.15, 0.2) is 0 Å². The van der Waals surface area contributed by atoms with E-state index in [4.69, 9.17) is 10.5 Å². The average molecular weight is 248 g/mol. The van der Waals surface area contributed by atoms with Crippen LogP contribution in [0, 0.1) is 6.92 Å². The van der Waals surface area contributed by atoms with E-state index < -0.39 is 0 Å². The van der Waals surface area contributed by atoms with Crippen LogP contribution in [0.1, 0.15) is 29.2 Å². The van der Waals surface area contributed by atoms with Gasteiger partial charge < -0.3 is 10.5 Å². The number of hydrogen-bond acceptors (Lipinski definition) is 4. The molecule has 1 aromatic heterocycles. The molecule has 2 rings (SSSR count). The second-order valence-electron chi connectivity index (χ2n) is 4.00. The third kappa shape index (κ3) is 3.28. The quantitative estimate of drug-likeness (QED) is 0.904. The fourth-order valence-corrected chi connectivity index (χ4v) is 2.10. The van der Waals surface area contributed by atoms with Gasteiger partial charge in [-0.1, -0.05) is 12.1 Å². The summed E-state index contributed by atoms with van der Waals surface area (Å²) in [6.45, 7) is 4.47. The summed E-state index contributed by atoms with van der Waals surface area (Å²) in [6, 6.07) is 7.93. The first-order chi connectivity index (χ1) is 8.15. The molecule has 2 N–H and O–H groups in total. The molecule has 17 heavy (non-hydrogen) atoms. The molecule has 0 saturated carbocycles. The van der Waals surface area contributed by atoms with Crippen LogP contribution in [-0.4, -0.2) is 4.98 Å². The van der Waals surface area contributed by atoms with E-state index in [9.17, 15) is 0 Å². The van der Waals surface area contributed by atoms with Crippen molar-refractivity contribution in [2.24, 2.45) is 5.73 Å². The maximum absolute atomic E-state index is 5.78. The maximum atomic E-state index is 5.78. The van der Waals surface area contributed by atoms with Crippen LogP contribution in [0.4, 0.5) is 0 Å². The van der Waals surface area contributed by atoms with Crippen molar-refractivity contribution < 1.29 is 4.74 Å². The number of aromatic nitrogens is 1. The smallest absolute Gasteiger partial charge is 0.131 e. The summed E-state index contributed by atoms with van der Waals surface area (Å²) in [4.78, 5) is 4.35. The monoisotopic (exact) mass is 248 g/mol. The molecular weight excluding hydrogens is 232 g/mol. The van der Waals surface area contributed by atoms with Crippen molar-refractivity contribution in [1.82, 2.24) is 4.98 Å². The maximum Gasteiger partial charge on any atom is 0.131 e. The molecule has 0 aliphatic carbocycles. The molecule has 0 aliphatic rings. The predicted molar refractivity (Wildman–Crippen MR) is 70.2 cm³/mol. The Bertz CT molecular complexity index is 476. The lowest BCUT2D eigenvalue weighted by atomic mass is 10.1. The van der Waals surface area contributed by atoms with Crippen molar-refractivity contribution >= 4 is 11.3 Å². The summed E-state index contributed by atoms with van der Waals surface area (Å²) in [5.41, 5.74) is 7.87. The zero-order valence-electron chi connectivity index (χ0n) is 10.0. The molecule has 3 nitrogen and oxygen atoms in total. The number of rotatable bonds is 4. The SMILES string of the molecule is Cc1nc(COc2ccc([C@H](C)N)cc2)cs1. The zero-order valence-corrected chi connectivity index (χ0v) is 10.8. The van der Waals surface area contributed by atoms with E-state index >= 15 is 0 Å². The highest BCUT2D eigenvalue weighted by atomic mass is 32.1. The zero-order chi connectivity index (χ0) is 12.3. The van der Waals surface area contributed by atoms with E-state index in [0.717, 1.165) is 22.0 Å². The lowest BCUT2D eigenvalue weighted by molar-refractivity contribution is 0.302. The van der Waals surface area contributed by atoms with Crippen molar-refractivity contribution in [3.05, 3.63) is 45.9 Å². The van der Waals surface area contributed by atoms with E-state index in [1.54, 1.807) is 11.3 Å². The number of hydrogen-bond donors (Lipinski definition) is 1. The second-order valence-corrected chi connectivity index (χ2v) is 5.07. The van der Waals surface area contributed by atoms with Gasteiger partial charge in [-0.2, -0.15) is 0 Å². The second kappa shape index (κ2) is 5.29. The molecule has 0 bridgehead atoms. The minimum atomic E-state index is 0.0604. The third-order valence-electron chi connectivity index (χ3n) is 2.46. The van der Waals surface area contributed by atoms with Crippen molar-refractivity contribution in [3.8, 4) is 5.75 Å². The number of nitrogens with two attached hydrogens (primary N) is 1. The molecular formula is C13H16N2OS. The lowest BCUT2D eigenvalue weighted by Crippen LogP contribution is -2.04. The van der Waals surface area contributed by atoms with Crippen LogP contribution in [0.5, 0.6) is 5.75 Å². The summed E-state index contributed by atoms with van der Waals surface area (Å²) < 4.78 is 5.64. The molecule has 0 spiro atoms. The number of ether oxygens (including phenoxy) is 1. The molecule has 0 saturated heterocycles. The Labute approximate surface area is 105 Å². The first kappa shape index (κ1) is 12.1. The summed E-state index contributed by atoms with van der Waals surface area (Å²) in [5, 5.41) is 3.09. The van der Waals surface area contributed by atoms with Gasteiger partial charge in [0.1, 0.15) is 12.4 Å². The van der Waals surface area contributed by atoms with Crippen LogP contribution in [0.15, 0.2) is 29.6 Å². The molecule has 0 radical (unpaired) electrons. The van der Waals surface area contributed by atoms with Crippen molar-refractivity contribution in [2.45, 2.75) is 26.5 Å². The van der Waals surface area contributed by atoms with E-state index in [1.807, 2.05) is 43.5 Å². The van der Waals surface area contributed by atoms with E-state index in [-0.39, 0.29) is 6.04 Å². The number of aryl methyl sites for hydroxylation is 1. The van der Waals surface area contributed by atoms with Crippen LogP contribution < -0.4 is 10.5 Å². The minimum absolute atomic E-state index is 0.0604. The average Bonchev–Trinajstić information content (AvgIpc) is 2.73. The fourth-order valence-electron chi connectivity index (χ4n) is 1.50. The Kier molecular flexibility index (Phi) is 3.76. The molecule has 0 unspecified atom stereocenters. The van der Waals surface area contributed by atoms with Crippen LogP contribution >= 0.6 is 11.3 Å². The Morgan fingerprint density at radius 2 is 2.06 bits per heavy atom. The van der Waals surface area contributed by atoms with Gasteiger partial charge in [-0.25, -0.2) is 4.98 Å². The molecule has 1 atom stereocenters. The van der Waals surface area contributed by atoms with E-state index in [2.05, 4.69) is 4.98 Å². The Balaban J connectivity index is 1.95. The van der Waals surface area contributed by atoms with Gasteiger partial charge in [0.05, 0.1) is 10.7 Å².